The van der Waals surface area contributed by atoms with Crippen LogP contribution in [0, 0.1) is 11.8 Å². The summed E-state index contributed by atoms with van der Waals surface area (Å²) in [6, 6.07) is 43.1. The predicted octanol–water partition coefficient (Wildman–Crippen LogP) is 10.8. The van der Waals surface area contributed by atoms with Gasteiger partial charge in [0.1, 0.15) is 0 Å². The van der Waals surface area contributed by atoms with Gasteiger partial charge in [0.05, 0.1) is 0 Å². The van der Waals surface area contributed by atoms with Crippen LogP contribution in [-0.2, 0) is 15.7 Å². The molecule has 0 radical (unpaired) electrons. The van der Waals surface area contributed by atoms with E-state index in [1.165, 1.54) is 67.1 Å². The van der Waals surface area contributed by atoms with Crippen LogP contribution in [0.4, 0.5) is 0 Å². The Bertz CT molecular complexity index is 2010. The van der Waals surface area contributed by atoms with Gasteiger partial charge in [-0.2, -0.15) is 0 Å². The van der Waals surface area contributed by atoms with Crippen molar-refractivity contribution in [2.45, 2.75) is 32.3 Å². The first-order valence-corrected chi connectivity index (χ1v) is 32.3. The summed E-state index contributed by atoms with van der Waals surface area (Å²) in [4.78, 5) is 0. The van der Waals surface area contributed by atoms with Gasteiger partial charge in [-0.3, -0.25) is 0 Å². The van der Waals surface area contributed by atoms with Crippen molar-refractivity contribution in [3.63, 3.8) is 0 Å². The Morgan fingerprint density at radius 2 is 0.889 bits per heavy atom. The molecule has 0 saturated carbocycles. The third-order valence-corrected chi connectivity index (χ3v) is 41.0. The van der Waals surface area contributed by atoms with Crippen molar-refractivity contribution in [2.75, 3.05) is 0 Å². The molecule has 5 aromatic rings. The van der Waals surface area contributed by atoms with Crippen molar-refractivity contribution in [1.82, 2.24) is 0 Å². The molecule has 0 aromatic heterocycles. The zero-order valence-electron chi connectivity index (χ0n) is 26.8. The Kier molecular flexibility index (Phi) is 9.54. The molecule has 2 unspecified atom stereocenters. The fourth-order valence-corrected chi connectivity index (χ4v) is 43.5. The van der Waals surface area contributed by atoms with Crippen LogP contribution in [0.15, 0.2) is 145 Å². The van der Waals surface area contributed by atoms with Crippen molar-refractivity contribution in [3.05, 3.63) is 156 Å². The van der Waals surface area contributed by atoms with E-state index in [0.717, 1.165) is 0 Å². The van der Waals surface area contributed by atoms with Gasteiger partial charge in [0.2, 0.25) is 0 Å². The smallest absolute Gasteiger partial charge is 0.147 e. The monoisotopic (exact) mass is 768 g/mol. The molecule has 2 aliphatic carbocycles. The number of halogens is 2. The van der Waals surface area contributed by atoms with E-state index in [2.05, 4.69) is 160 Å². The second-order valence-corrected chi connectivity index (χ2v) is 49.1. The summed E-state index contributed by atoms with van der Waals surface area (Å²) < 4.78 is 7.93. The van der Waals surface area contributed by atoms with Crippen molar-refractivity contribution in [1.29, 1.82) is 0 Å². The summed E-state index contributed by atoms with van der Waals surface area (Å²) in [7, 11) is 0. The second kappa shape index (κ2) is 12.7. The molecule has 0 aliphatic heterocycles. The van der Waals surface area contributed by atoms with Gasteiger partial charge in [0, 0.05) is 0 Å². The summed E-state index contributed by atoms with van der Waals surface area (Å²) in [5.74, 6) is 0.820. The molecule has 2 atom stereocenters. The number of benzene rings is 5. The third kappa shape index (κ3) is 5.23. The van der Waals surface area contributed by atoms with Gasteiger partial charge < -0.3 is 0 Å². The van der Waals surface area contributed by atoms with Crippen molar-refractivity contribution in [3.8, 4) is 0 Å². The quantitative estimate of drug-likeness (QED) is 0.156. The molecule has 0 amide bonds. The van der Waals surface area contributed by atoms with E-state index in [-0.39, 0.29) is 24.8 Å². The first kappa shape index (κ1) is 33.9. The molecule has 2 aliphatic rings. The van der Waals surface area contributed by atoms with E-state index in [4.69, 9.17) is 0 Å². The molecule has 5 aromatic carbocycles. The van der Waals surface area contributed by atoms with Crippen LogP contribution < -0.4 is 3.27 Å². The second-order valence-electron chi connectivity index (χ2n) is 13.2. The van der Waals surface area contributed by atoms with E-state index in [9.17, 15) is 0 Å². The van der Waals surface area contributed by atoms with Crippen LogP contribution in [0.1, 0.15) is 38.8 Å². The minimum atomic E-state index is -4.01. The molecule has 7 rings (SSSR count). The number of fused-ring (bicyclic) bond motifs is 2. The maximum atomic E-state index is 2.78. The van der Waals surface area contributed by atoms with Crippen molar-refractivity contribution < 1.29 is 15.7 Å². The van der Waals surface area contributed by atoms with Crippen LogP contribution in [0.5, 0.6) is 0 Å². The number of allylic oxidation sites excluding steroid dienone is 8. The van der Waals surface area contributed by atoms with Gasteiger partial charge in [-0.1, -0.05) is 0 Å². The predicted molar refractivity (Wildman–Crippen MR) is 203 cm³/mol. The molecule has 0 N–H and O–H groups in total. The normalized spacial score (nSPS) is 18.5. The summed E-state index contributed by atoms with van der Waals surface area (Å²) in [5, 5.41) is 5.34. The van der Waals surface area contributed by atoms with Crippen LogP contribution >= 0.6 is 24.8 Å². The van der Waals surface area contributed by atoms with Gasteiger partial charge >= 0.3 is 264 Å². The fourth-order valence-electron chi connectivity index (χ4n) is 8.99. The van der Waals surface area contributed by atoms with Gasteiger partial charge in [-0.05, 0) is 0 Å². The molecular formula is C41H42Cl2GeZr. The standard InChI is InChI=1S/2C17H15.C6H5.CH3.2ClH.GeH2.Zr/c2*1-12-10-13(2)17(11-12)16-9-5-7-14-6-3-4-8-15(14)16;1-2-4-6-5-3-1;;;;;/h2*3-9,11-12H,1-2H3;1-5H;1H3;2*1H;1H2;. The van der Waals surface area contributed by atoms with E-state index < -0.39 is 15.7 Å². The molecule has 0 heterocycles. The number of hydrogen-bond donors (Lipinski definition) is 0. The molecule has 0 bridgehead atoms. The van der Waals surface area contributed by atoms with Crippen LogP contribution in [0.3, 0.4) is 0 Å². The summed E-state index contributed by atoms with van der Waals surface area (Å²) in [6.07, 6.45) is 5.19. The van der Waals surface area contributed by atoms with Crippen LogP contribution in [-0.4, -0.2) is 12.1 Å². The SMILES string of the molecule is CC1=[C]([Zr]([CH3])(=[GeH2])([C]2=C(C)C(c3cccc4ccccc34)=CC2C)[c]2ccccc2)C(C)C=C1c1cccc2ccccc12.Cl.Cl. The first-order chi connectivity index (χ1) is 20.7. The topological polar surface area (TPSA) is 0 Å². The van der Waals surface area contributed by atoms with E-state index >= 15 is 0 Å². The first-order valence-electron chi connectivity index (χ1n) is 15.6. The van der Waals surface area contributed by atoms with Gasteiger partial charge in [0.15, 0.2) is 0 Å². The third-order valence-electron chi connectivity index (χ3n) is 10.5. The summed E-state index contributed by atoms with van der Waals surface area (Å²) >= 11 is -2.70. The molecule has 45 heavy (non-hydrogen) atoms. The molecule has 0 saturated heterocycles. The van der Waals surface area contributed by atoms with Gasteiger partial charge in [0.25, 0.3) is 0 Å². The average molecular weight is 770 g/mol. The molecule has 4 heteroatoms. The van der Waals surface area contributed by atoms with E-state index in [0.29, 0.717) is 11.8 Å². The molecule has 228 valence electrons. The minimum Gasteiger partial charge on any atom is -0.147 e. The summed E-state index contributed by atoms with van der Waals surface area (Å²) in [5.41, 5.74) is 8.69. The maximum absolute atomic E-state index is 4.01. The fraction of sp³-hybridized carbons (Fsp3) is 0.171. The molecular weight excluding hydrogens is 727 g/mol. The molecule has 0 fully saturated rings. The van der Waals surface area contributed by atoms with E-state index in [1.54, 1.807) is 9.83 Å². The number of hydrogen-bond acceptors (Lipinski definition) is 0. The van der Waals surface area contributed by atoms with Gasteiger partial charge in [-0.15, -0.1) is 24.8 Å². The Hall–Kier alpha value is -2.41. The molecule has 0 nitrogen and oxygen atoms in total. The Morgan fingerprint density at radius 1 is 0.511 bits per heavy atom. The largest absolute Gasteiger partial charge is 0.147 e. The summed E-state index contributed by atoms with van der Waals surface area (Å²) in [6.45, 7) is 9.83. The van der Waals surface area contributed by atoms with Gasteiger partial charge in [-0.25, -0.2) is 0 Å². The number of rotatable bonds is 5. The van der Waals surface area contributed by atoms with Crippen LogP contribution in [0.2, 0.25) is 4.63 Å². The van der Waals surface area contributed by atoms with Crippen molar-refractivity contribution in [2.24, 2.45) is 11.8 Å². The van der Waals surface area contributed by atoms with E-state index in [1.807, 2.05) is 0 Å². The van der Waals surface area contributed by atoms with Crippen molar-refractivity contribution >= 4 is 72.9 Å². The zero-order chi connectivity index (χ0) is 30.0. The maximum Gasteiger partial charge on any atom is -0.147 e. The Balaban J connectivity index is 0.00000200. The molecule has 0 spiro atoms. The average Bonchev–Trinajstić information content (AvgIpc) is 3.51. The van der Waals surface area contributed by atoms with Crippen LogP contribution in [0.25, 0.3) is 32.7 Å². The Morgan fingerprint density at radius 3 is 1.33 bits per heavy atom. The Labute approximate surface area is 286 Å². The minimum absolute atomic E-state index is 0. The zero-order valence-corrected chi connectivity index (χ0v) is 33.9.